The molecule has 1 fully saturated rings. The minimum atomic E-state index is -3.49. The number of carbonyl (C=O) groups excluding carboxylic acids is 1. The summed E-state index contributed by atoms with van der Waals surface area (Å²) in [6.07, 6.45) is 2.63. The summed E-state index contributed by atoms with van der Waals surface area (Å²) in [5, 5.41) is 4.21. The second-order valence-electron chi connectivity index (χ2n) is 6.88. The van der Waals surface area contributed by atoms with Crippen LogP contribution in [0.15, 0.2) is 58.4 Å². The highest BCUT2D eigenvalue weighted by Gasteiger charge is 2.30. The maximum Gasteiger partial charge on any atom is 0.236 e. The van der Waals surface area contributed by atoms with Gasteiger partial charge >= 0.3 is 0 Å². The van der Waals surface area contributed by atoms with Gasteiger partial charge < -0.3 is 5.32 Å². The Labute approximate surface area is 174 Å². The number of hydrogen-bond acceptors (Lipinski definition) is 3. The molecular weight excluding hydrogens is 440 g/mol. The van der Waals surface area contributed by atoms with Crippen molar-refractivity contribution < 1.29 is 13.2 Å². The Kier molecular flexibility index (Phi) is 6.69. The van der Waals surface area contributed by atoms with Crippen LogP contribution >= 0.6 is 15.9 Å². The summed E-state index contributed by atoms with van der Waals surface area (Å²) in [4.78, 5) is 12.6. The van der Waals surface area contributed by atoms with E-state index in [1.165, 1.54) is 9.71 Å². The lowest BCUT2D eigenvalue weighted by atomic mass is 9.97. The van der Waals surface area contributed by atoms with E-state index in [0.717, 1.165) is 21.3 Å². The van der Waals surface area contributed by atoms with E-state index < -0.39 is 10.0 Å². The van der Waals surface area contributed by atoms with Crippen molar-refractivity contribution in [1.29, 1.82) is 0 Å². The molecule has 3 rings (SSSR count). The monoisotopic (exact) mass is 462 g/mol. The average Bonchev–Trinajstić information content (AvgIpc) is 2.69. The molecule has 1 aliphatic rings. The van der Waals surface area contributed by atoms with E-state index in [1.54, 1.807) is 6.08 Å². The molecule has 1 aliphatic heterocycles. The van der Waals surface area contributed by atoms with Gasteiger partial charge in [0.15, 0.2) is 0 Å². The summed E-state index contributed by atoms with van der Waals surface area (Å²) < 4.78 is 27.5. The maximum absolute atomic E-state index is 12.6. The number of benzene rings is 2. The van der Waals surface area contributed by atoms with Crippen LogP contribution in [0.2, 0.25) is 0 Å². The smallest absolute Gasteiger partial charge is 0.236 e. The quantitative estimate of drug-likeness (QED) is 0.715. The molecule has 1 heterocycles. The molecule has 28 heavy (non-hydrogen) atoms. The molecular formula is C21H23BrN2O3S. The van der Waals surface area contributed by atoms with Gasteiger partial charge in [0.2, 0.25) is 15.9 Å². The number of aryl methyl sites for hydroxylation is 1. The van der Waals surface area contributed by atoms with Crippen LogP contribution in [0.25, 0.3) is 6.08 Å². The van der Waals surface area contributed by atoms with Gasteiger partial charge in [-0.05, 0) is 55.2 Å². The number of hydrogen-bond donors (Lipinski definition) is 1. The predicted molar refractivity (Wildman–Crippen MR) is 116 cm³/mol. The van der Waals surface area contributed by atoms with Crippen molar-refractivity contribution in [2.24, 2.45) is 5.92 Å². The number of rotatable bonds is 5. The van der Waals surface area contributed by atoms with Crippen molar-refractivity contribution in [1.82, 2.24) is 4.31 Å². The molecule has 148 valence electrons. The number of nitrogens with zero attached hydrogens (tertiary/aromatic N) is 1. The summed E-state index contributed by atoms with van der Waals surface area (Å²) in [7, 11) is -3.49. The van der Waals surface area contributed by atoms with Gasteiger partial charge in [-0.25, -0.2) is 8.42 Å². The van der Waals surface area contributed by atoms with E-state index >= 15 is 0 Å². The first-order chi connectivity index (χ1) is 13.3. The molecule has 5 nitrogen and oxygen atoms in total. The first-order valence-corrected chi connectivity index (χ1v) is 11.4. The fraction of sp³-hybridized carbons (Fsp3) is 0.286. The fourth-order valence-electron chi connectivity index (χ4n) is 3.19. The van der Waals surface area contributed by atoms with Crippen LogP contribution in [-0.2, 0) is 14.8 Å². The highest BCUT2D eigenvalue weighted by Crippen LogP contribution is 2.25. The van der Waals surface area contributed by atoms with Gasteiger partial charge in [-0.1, -0.05) is 46.3 Å². The number of sulfonamides is 1. The molecule has 2 aromatic carbocycles. The van der Waals surface area contributed by atoms with Gasteiger partial charge in [0.25, 0.3) is 0 Å². The van der Waals surface area contributed by atoms with E-state index in [9.17, 15) is 13.2 Å². The summed E-state index contributed by atoms with van der Waals surface area (Å²) in [5.41, 5.74) is 2.60. The molecule has 1 saturated heterocycles. The minimum Gasteiger partial charge on any atom is -0.326 e. The molecule has 0 saturated carbocycles. The SMILES string of the molecule is Cc1cc(Br)ccc1NC(=O)C1CCN(S(=O)(=O)/C=C/c2ccccc2)CC1. The number of nitrogens with one attached hydrogen (secondary N) is 1. The summed E-state index contributed by atoms with van der Waals surface area (Å²) in [6.45, 7) is 2.63. The third kappa shape index (κ3) is 5.31. The zero-order chi connectivity index (χ0) is 20.1. The third-order valence-corrected chi connectivity index (χ3v) is 6.92. The van der Waals surface area contributed by atoms with Crippen molar-refractivity contribution >= 4 is 43.6 Å². The molecule has 0 unspecified atom stereocenters. The van der Waals surface area contributed by atoms with Crippen LogP contribution < -0.4 is 5.32 Å². The van der Waals surface area contributed by atoms with E-state index in [4.69, 9.17) is 0 Å². The van der Waals surface area contributed by atoms with Gasteiger partial charge in [-0.15, -0.1) is 0 Å². The van der Waals surface area contributed by atoms with Gasteiger partial charge in [-0.2, -0.15) is 4.31 Å². The van der Waals surface area contributed by atoms with Crippen molar-refractivity contribution in [3.05, 3.63) is 69.5 Å². The van der Waals surface area contributed by atoms with Crippen LogP contribution in [0.1, 0.15) is 24.0 Å². The number of anilines is 1. The average molecular weight is 463 g/mol. The highest BCUT2D eigenvalue weighted by atomic mass is 79.9. The second kappa shape index (κ2) is 9.03. The lowest BCUT2D eigenvalue weighted by Crippen LogP contribution is -2.40. The van der Waals surface area contributed by atoms with Gasteiger partial charge in [0.1, 0.15) is 0 Å². The second-order valence-corrected chi connectivity index (χ2v) is 9.61. The van der Waals surface area contributed by atoms with E-state index in [1.807, 2.05) is 55.5 Å². The van der Waals surface area contributed by atoms with E-state index in [2.05, 4.69) is 21.2 Å². The van der Waals surface area contributed by atoms with Crippen LogP contribution in [0, 0.1) is 12.8 Å². The summed E-state index contributed by atoms with van der Waals surface area (Å²) in [6, 6.07) is 15.0. The largest absolute Gasteiger partial charge is 0.326 e. The Morgan fingerprint density at radius 1 is 1.14 bits per heavy atom. The summed E-state index contributed by atoms with van der Waals surface area (Å²) >= 11 is 3.41. The Bertz CT molecular complexity index is 966. The van der Waals surface area contributed by atoms with Crippen LogP contribution in [0.5, 0.6) is 0 Å². The molecule has 0 aromatic heterocycles. The Hall–Kier alpha value is -1.96. The third-order valence-electron chi connectivity index (χ3n) is 4.86. The molecule has 0 atom stereocenters. The topological polar surface area (TPSA) is 66.5 Å². The molecule has 1 N–H and O–H groups in total. The molecule has 0 aliphatic carbocycles. The van der Waals surface area contributed by atoms with Crippen LogP contribution in [-0.4, -0.2) is 31.7 Å². The Morgan fingerprint density at radius 2 is 1.82 bits per heavy atom. The zero-order valence-corrected chi connectivity index (χ0v) is 18.0. The molecule has 0 bridgehead atoms. The van der Waals surface area contributed by atoms with Crippen LogP contribution in [0.4, 0.5) is 5.69 Å². The fourth-order valence-corrected chi connectivity index (χ4v) is 4.89. The minimum absolute atomic E-state index is 0.0534. The first kappa shape index (κ1) is 20.8. The van der Waals surface area contributed by atoms with Crippen molar-refractivity contribution in [2.45, 2.75) is 19.8 Å². The van der Waals surface area contributed by atoms with Crippen molar-refractivity contribution in [3.63, 3.8) is 0 Å². The lowest BCUT2D eigenvalue weighted by molar-refractivity contribution is -0.120. The normalized spacial score (nSPS) is 16.4. The molecule has 2 aromatic rings. The molecule has 0 radical (unpaired) electrons. The predicted octanol–water partition coefficient (Wildman–Crippen LogP) is 4.41. The van der Waals surface area contributed by atoms with Gasteiger partial charge in [0, 0.05) is 34.6 Å². The molecule has 1 amide bonds. The number of halogens is 1. The Morgan fingerprint density at radius 3 is 2.46 bits per heavy atom. The Balaban J connectivity index is 1.57. The number of amides is 1. The first-order valence-electron chi connectivity index (χ1n) is 9.15. The van der Waals surface area contributed by atoms with Gasteiger partial charge in [-0.3, -0.25) is 4.79 Å². The van der Waals surface area contributed by atoms with Crippen molar-refractivity contribution in [2.75, 3.05) is 18.4 Å². The highest BCUT2D eigenvalue weighted by molar-refractivity contribution is 9.10. The van der Waals surface area contributed by atoms with Gasteiger partial charge in [0.05, 0.1) is 0 Å². The maximum atomic E-state index is 12.6. The zero-order valence-electron chi connectivity index (χ0n) is 15.6. The number of piperidine rings is 1. The van der Waals surface area contributed by atoms with E-state index in [0.29, 0.717) is 25.9 Å². The van der Waals surface area contributed by atoms with Crippen molar-refractivity contribution in [3.8, 4) is 0 Å². The molecule has 0 spiro atoms. The summed E-state index contributed by atoms with van der Waals surface area (Å²) in [5.74, 6) is -0.241. The molecule has 7 heteroatoms. The number of carbonyl (C=O) groups is 1. The van der Waals surface area contributed by atoms with Crippen LogP contribution in [0.3, 0.4) is 0 Å². The van der Waals surface area contributed by atoms with E-state index in [-0.39, 0.29) is 11.8 Å². The lowest BCUT2D eigenvalue weighted by Gasteiger charge is -2.29. The standard InChI is InChI=1S/C21H23BrN2O3S/c1-16-15-19(22)7-8-20(16)23-21(25)18-9-12-24(13-10-18)28(26,27)14-11-17-5-3-2-4-6-17/h2-8,11,14-15,18H,9-10,12-13H2,1H3,(H,23,25)/b14-11+.